The Labute approximate surface area is 686 Å². The van der Waals surface area contributed by atoms with Crippen molar-refractivity contribution < 1.29 is 85.4 Å². The Morgan fingerprint density at radius 3 is 1.24 bits per heavy atom. The smallest absolute Gasteiger partial charge is 0.358 e. The van der Waals surface area contributed by atoms with Crippen LogP contribution in [0.4, 0.5) is 0 Å². The Bertz CT molecular complexity index is 3470. The number of carboxylic acid groups (broad SMARTS) is 3. The fraction of sp³-hybridized carbons (Fsp3) is 0.484. The third kappa shape index (κ3) is 38.2. The molecule has 0 radical (unpaired) electrons. The SMILES string of the molecule is CC(=O)OI(OC(C)=O)c1ccccc1.CCCCCCCCCCCC(=O)OCCN1CCOCC1.CCCC[N+](CCCC)(CCCC)CCCC.O=C([O-])C12CC3CC(CC(C3)C1)C2.O=C([O-])c1ccccc1.O=C([O-])c1ccccc1[I+]c1ccccc1.c1ccc([S+](c2ccccc2)c2ccccc2)cc1. The molecule has 606 valence electrons. The quantitative estimate of drug-likeness (QED) is 0.0118. The number of benzene rings is 7. The van der Waals surface area contributed by atoms with Crippen LogP contribution < -0.4 is 36.5 Å². The van der Waals surface area contributed by atoms with Crippen molar-refractivity contribution in [1.29, 1.82) is 0 Å². The molecule has 18 heteroatoms. The van der Waals surface area contributed by atoms with Crippen molar-refractivity contribution in [3.05, 3.63) is 228 Å². The van der Waals surface area contributed by atoms with Gasteiger partial charge in [-0.1, -0.05) is 227 Å². The van der Waals surface area contributed by atoms with Crippen molar-refractivity contribution in [2.75, 3.05) is 65.6 Å². The van der Waals surface area contributed by atoms with Gasteiger partial charge < -0.3 is 43.7 Å². The van der Waals surface area contributed by atoms with E-state index in [4.69, 9.17) is 15.6 Å². The van der Waals surface area contributed by atoms with E-state index in [1.807, 2.05) is 60.7 Å². The number of halogens is 2. The molecule has 15 nitrogen and oxygen atoms in total. The van der Waals surface area contributed by atoms with E-state index >= 15 is 0 Å². The molecule has 0 unspecified atom stereocenters. The summed E-state index contributed by atoms with van der Waals surface area (Å²) in [6.07, 6.45) is 29.8. The predicted octanol–water partition coefficient (Wildman–Crippen LogP) is 15.1. The van der Waals surface area contributed by atoms with Gasteiger partial charge in [0.1, 0.15) is 6.61 Å². The van der Waals surface area contributed by atoms with Gasteiger partial charge >= 0.3 is 123 Å². The van der Waals surface area contributed by atoms with Crippen molar-refractivity contribution in [1.82, 2.24) is 4.90 Å². The second-order valence-corrected chi connectivity index (χ2v) is 37.4. The minimum Gasteiger partial charge on any atom is -0.550 e. The first-order valence-corrected chi connectivity index (χ1v) is 46.9. The first kappa shape index (κ1) is 94.6. The number of unbranched alkanes of at least 4 members (excludes halogenated alkanes) is 12. The molecule has 111 heavy (non-hydrogen) atoms. The molecular formula is C93H126I2N2O13S. The maximum atomic E-state index is 11.6. The van der Waals surface area contributed by atoms with Gasteiger partial charge in [-0.25, -0.2) is 0 Å². The van der Waals surface area contributed by atoms with Gasteiger partial charge in [0.25, 0.3) is 0 Å². The zero-order valence-electron chi connectivity index (χ0n) is 67.3. The molecule has 0 aromatic heterocycles. The average molecular weight is 1770 g/mol. The van der Waals surface area contributed by atoms with Crippen LogP contribution in [0.25, 0.3) is 0 Å². The molecule has 7 aromatic rings. The first-order chi connectivity index (χ1) is 53.9. The van der Waals surface area contributed by atoms with Crippen molar-refractivity contribution >= 4 is 67.4 Å². The van der Waals surface area contributed by atoms with Crippen LogP contribution in [0, 0.1) is 33.9 Å². The van der Waals surface area contributed by atoms with E-state index in [0.29, 0.717) is 36.3 Å². The Morgan fingerprint density at radius 2 is 0.856 bits per heavy atom. The van der Waals surface area contributed by atoms with Crippen LogP contribution >= 0.6 is 20.6 Å². The maximum Gasteiger partial charge on any atom is 0.358 e. The van der Waals surface area contributed by atoms with Crippen LogP contribution in [0.1, 0.15) is 223 Å². The van der Waals surface area contributed by atoms with Gasteiger partial charge in [-0.3, -0.25) is 9.69 Å². The van der Waals surface area contributed by atoms with E-state index in [-0.39, 0.29) is 22.4 Å². The number of hydrogen-bond donors (Lipinski definition) is 0. The summed E-state index contributed by atoms with van der Waals surface area (Å²) in [5.74, 6) is -1.72. The van der Waals surface area contributed by atoms with Crippen molar-refractivity contribution in [2.24, 2.45) is 23.2 Å². The summed E-state index contributed by atoms with van der Waals surface area (Å²) >= 11 is -3.04. The summed E-state index contributed by atoms with van der Waals surface area (Å²) in [5.41, 5.74) is 0.144. The second-order valence-electron chi connectivity index (χ2n) is 29.1. The Morgan fingerprint density at radius 1 is 0.477 bits per heavy atom. The fourth-order valence-corrected chi connectivity index (χ4v) is 21.9. The average Bonchev–Trinajstić information content (AvgIpc) is 0.745. The number of rotatable bonds is 36. The number of morpholine rings is 1. The van der Waals surface area contributed by atoms with E-state index < -0.39 is 77.1 Å². The van der Waals surface area contributed by atoms with E-state index in [0.717, 1.165) is 72.1 Å². The van der Waals surface area contributed by atoms with Crippen LogP contribution in [-0.2, 0) is 45.7 Å². The zero-order chi connectivity index (χ0) is 80.2. The summed E-state index contributed by atoms with van der Waals surface area (Å²) in [6, 6.07) is 66.3. The third-order valence-corrected chi connectivity index (χ3v) is 28.8. The number of carbonyl (C=O) groups excluding carboxylic acids is 6. The van der Waals surface area contributed by atoms with E-state index in [1.165, 1.54) is 190 Å². The number of aliphatic carboxylic acids is 1. The fourth-order valence-electron chi connectivity index (χ4n) is 14.5. The molecule has 0 spiro atoms. The molecule has 1 aliphatic heterocycles. The molecule has 5 fully saturated rings. The molecule has 4 bridgehead atoms. The Hall–Kier alpha value is -6.95. The molecule has 0 N–H and O–H groups in total. The van der Waals surface area contributed by atoms with Crippen LogP contribution in [0.2, 0.25) is 0 Å². The van der Waals surface area contributed by atoms with Crippen molar-refractivity contribution in [2.45, 2.75) is 217 Å². The summed E-state index contributed by atoms with van der Waals surface area (Å²) in [6.45, 7) is 24.7. The molecule has 12 rings (SSSR count). The van der Waals surface area contributed by atoms with E-state index in [2.05, 4.69) is 131 Å². The molecular weight excluding hydrogens is 1640 g/mol. The van der Waals surface area contributed by atoms with Crippen molar-refractivity contribution in [3.63, 3.8) is 0 Å². The molecule has 4 saturated carbocycles. The first-order valence-electron chi connectivity index (χ1n) is 40.7. The topological polar surface area (TPSA) is 212 Å². The normalized spacial score (nSPS) is 16.5. The number of hydrogen-bond acceptors (Lipinski definition) is 14. The third-order valence-electron chi connectivity index (χ3n) is 19.9. The van der Waals surface area contributed by atoms with Crippen LogP contribution in [-0.4, -0.2) is 111 Å². The monoisotopic (exact) mass is 1760 g/mol. The summed E-state index contributed by atoms with van der Waals surface area (Å²) in [5, 5.41) is 32.2. The second kappa shape index (κ2) is 56.3. The molecule has 5 aliphatic rings. The van der Waals surface area contributed by atoms with Gasteiger partial charge in [-0.15, -0.1) is 0 Å². The Balaban J connectivity index is 0.000000234. The number of nitrogens with zero attached hydrogens (tertiary/aromatic N) is 2. The van der Waals surface area contributed by atoms with E-state index in [1.54, 1.807) is 42.5 Å². The van der Waals surface area contributed by atoms with Gasteiger partial charge in [-0.2, -0.15) is 0 Å². The number of quaternary nitrogens is 1. The minimum atomic E-state index is -2.59. The number of esters is 1. The number of carbonyl (C=O) groups is 6. The standard InChI is InChI=1S/C18H35NO3.C18H15S.C16H36N.C13H9IO2.C11H16O2.C10H11IO4.C7H6O2/c1-2-3-4-5-6-7-8-9-10-11-18(20)22-17-14-19-12-15-21-16-13-19;1-4-10-16(11-5-1)19(17-12-6-2-7-13-17)18-14-8-3-9-15-18;1-5-9-13-17(14-10-6-2,15-11-7-3)16-12-8-4;15-13(16)11-8-4-5-9-12(11)14-10-6-2-1-3-7-10;12-10(13)11-4-7-1-8(5-11)3-9(2-7)6-11;1-8(12)14-11(15-9(2)13)10-6-4-3-5-7-10;8-7(9)6-4-2-1-3-5-6/h2-17H2,1H3;1-15H;5-16H2,1-4H3;1-9H;7-9H,1-6H2,(H,12,13);3-7H,1-2H3;1-5H,(H,8,9)/q;2*+1;;;;/p-2. The largest absolute Gasteiger partial charge is 0.550 e. The molecule has 7 aromatic carbocycles. The van der Waals surface area contributed by atoms with Gasteiger partial charge in [-0.05, 0) is 155 Å². The molecule has 4 aliphatic carbocycles. The van der Waals surface area contributed by atoms with Gasteiger partial charge in [0.2, 0.25) is 3.57 Å². The number of ether oxygens (including phenoxy) is 2. The summed E-state index contributed by atoms with van der Waals surface area (Å²) < 4.78 is 24.9. The number of carboxylic acids is 3. The van der Waals surface area contributed by atoms with Gasteiger partial charge in [0.05, 0.1) is 67.8 Å². The summed E-state index contributed by atoms with van der Waals surface area (Å²) in [7, 11) is -0.0146. The molecule has 0 amide bonds. The van der Waals surface area contributed by atoms with Crippen molar-refractivity contribution in [3.8, 4) is 0 Å². The molecule has 1 heterocycles. The van der Waals surface area contributed by atoms with Crippen LogP contribution in [0.15, 0.2) is 221 Å². The van der Waals surface area contributed by atoms with Gasteiger partial charge in [0.15, 0.2) is 18.3 Å². The van der Waals surface area contributed by atoms with Crippen LogP contribution in [0.5, 0.6) is 0 Å². The van der Waals surface area contributed by atoms with Gasteiger partial charge in [0, 0.05) is 37.4 Å². The predicted molar refractivity (Wildman–Crippen MR) is 445 cm³/mol. The molecule has 1 saturated heterocycles. The summed E-state index contributed by atoms with van der Waals surface area (Å²) in [4.78, 5) is 71.8. The minimum absolute atomic E-state index is 0.0146. The van der Waals surface area contributed by atoms with E-state index in [9.17, 15) is 44.1 Å². The number of aromatic carboxylic acids is 2. The zero-order valence-corrected chi connectivity index (χ0v) is 72.4. The van der Waals surface area contributed by atoms with Crippen LogP contribution in [0.3, 0.4) is 0 Å². The maximum absolute atomic E-state index is 11.6. The molecule has 0 atom stereocenters. The Kier molecular flexibility index (Phi) is 48.0.